The normalized spacial score (nSPS) is 10.9. The van der Waals surface area contributed by atoms with Crippen molar-refractivity contribution in [1.82, 2.24) is 9.78 Å². The molecule has 0 bridgehead atoms. The lowest BCUT2D eigenvalue weighted by atomic mass is 10.1. The molecule has 0 aliphatic rings. The molecule has 0 atom stereocenters. The van der Waals surface area contributed by atoms with Crippen LogP contribution in [0.25, 0.3) is 0 Å². The molecule has 0 radical (unpaired) electrons. The second kappa shape index (κ2) is 4.35. The van der Waals surface area contributed by atoms with E-state index in [1.807, 2.05) is 26.8 Å². The average Bonchev–Trinajstić information content (AvgIpc) is 2.60. The minimum absolute atomic E-state index is 0.222. The Kier molecular flexibility index (Phi) is 3.33. The molecule has 16 heavy (non-hydrogen) atoms. The first-order chi connectivity index (χ1) is 7.41. The van der Waals surface area contributed by atoms with Crippen molar-refractivity contribution in [1.29, 1.82) is 5.26 Å². The van der Waals surface area contributed by atoms with Gasteiger partial charge in [-0.1, -0.05) is 0 Å². The molecule has 0 fully saturated rings. The van der Waals surface area contributed by atoms with Gasteiger partial charge < -0.3 is 4.74 Å². The molecule has 1 rings (SSSR count). The van der Waals surface area contributed by atoms with Gasteiger partial charge in [0.1, 0.15) is 11.6 Å². The molecule has 1 aromatic rings. The monoisotopic (exact) mass is 221 g/mol. The van der Waals surface area contributed by atoms with Gasteiger partial charge in [0, 0.05) is 0 Å². The Bertz CT molecular complexity index is 435. The van der Waals surface area contributed by atoms with Crippen LogP contribution in [-0.2, 0) is 10.3 Å². The Labute approximate surface area is 94.6 Å². The van der Waals surface area contributed by atoms with E-state index in [1.54, 1.807) is 6.92 Å². The molecule has 0 aliphatic carbocycles. The summed E-state index contributed by atoms with van der Waals surface area (Å²) >= 11 is 0. The Morgan fingerprint density at radius 3 is 2.69 bits per heavy atom. The lowest BCUT2D eigenvalue weighted by Crippen LogP contribution is -2.25. The summed E-state index contributed by atoms with van der Waals surface area (Å²) in [7, 11) is 0. The number of rotatable bonds is 2. The van der Waals surface area contributed by atoms with Crippen molar-refractivity contribution >= 4 is 5.97 Å². The zero-order valence-corrected chi connectivity index (χ0v) is 9.94. The second-order valence-corrected chi connectivity index (χ2v) is 4.32. The number of hydrogen-bond donors (Lipinski definition) is 0. The van der Waals surface area contributed by atoms with E-state index in [4.69, 9.17) is 10.00 Å². The molecule has 0 N–H and O–H groups in total. The fraction of sp³-hybridized carbons (Fsp3) is 0.545. The predicted octanol–water partition coefficient (Wildman–Crippen LogP) is 1.69. The zero-order chi connectivity index (χ0) is 12.3. The molecule has 5 nitrogen and oxygen atoms in total. The van der Waals surface area contributed by atoms with E-state index in [9.17, 15) is 4.79 Å². The summed E-state index contributed by atoms with van der Waals surface area (Å²) in [5.41, 5.74) is 0.126. The number of ether oxygens (including phenoxy) is 1. The molecule has 0 saturated carbocycles. The molecule has 0 saturated heterocycles. The van der Waals surface area contributed by atoms with Crippen LogP contribution in [0.5, 0.6) is 0 Å². The first kappa shape index (κ1) is 12.2. The van der Waals surface area contributed by atoms with Gasteiger partial charge in [0.05, 0.1) is 18.3 Å². The van der Waals surface area contributed by atoms with E-state index in [0.717, 1.165) is 0 Å². The third-order valence-corrected chi connectivity index (χ3v) is 2.01. The number of carbonyl (C=O) groups is 1. The van der Waals surface area contributed by atoms with Gasteiger partial charge in [-0.15, -0.1) is 0 Å². The number of hydrogen-bond acceptors (Lipinski definition) is 4. The quantitative estimate of drug-likeness (QED) is 0.712. The highest BCUT2D eigenvalue weighted by Crippen LogP contribution is 2.18. The number of carbonyl (C=O) groups excluding carboxylic acids is 1. The van der Waals surface area contributed by atoms with E-state index in [0.29, 0.717) is 0 Å². The van der Waals surface area contributed by atoms with Crippen LogP contribution in [0.15, 0.2) is 6.20 Å². The van der Waals surface area contributed by atoms with Gasteiger partial charge in [0.2, 0.25) is 0 Å². The van der Waals surface area contributed by atoms with Gasteiger partial charge in [-0.2, -0.15) is 10.4 Å². The third kappa shape index (κ3) is 2.22. The van der Waals surface area contributed by atoms with Crippen LogP contribution in [0.2, 0.25) is 0 Å². The molecule has 0 aliphatic heterocycles. The first-order valence-corrected chi connectivity index (χ1v) is 5.07. The minimum Gasteiger partial charge on any atom is -0.462 e. The van der Waals surface area contributed by atoms with Crippen molar-refractivity contribution in [3.8, 4) is 6.07 Å². The Morgan fingerprint density at radius 1 is 1.62 bits per heavy atom. The average molecular weight is 221 g/mol. The SMILES string of the molecule is CCOC(=O)c1cnn(C(C)(C)C)c1C#N. The van der Waals surface area contributed by atoms with Crippen LogP contribution in [0.4, 0.5) is 0 Å². The van der Waals surface area contributed by atoms with Gasteiger partial charge in [-0.05, 0) is 27.7 Å². The summed E-state index contributed by atoms with van der Waals surface area (Å²) in [4.78, 5) is 11.5. The topological polar surface area (TPSA) is 67.9 Å². The van der Waals surface area contributed by atoms with Crippen molar-refractivity contribution in [2.45, 2.75) is 33.2 Å². The molecular weight excluding hydrogens is 206 g/mol. The Balaban J connectivity index is 3.21. The Morgan fingerprint density at radius 2 is 2.25 bits per heavy atom. The van der Waals surface area contributed by atoms with Gasteiger partial charge >= 0.3 is 5.97 Å². The second-order valence-electron chi connectivity index (χ2n) is 4.32. The number of esters is 1. The van der Waals surface area contributed by atoms with E-state index in [-0.39, 0.29) is 23.4 Å². The van der Waals surface area contributed by atoms with Crippen LogP contribution in [-0.4, -0.2) is 22.4 Å². The highest BCUT2D eigenvalue weighted by Gasteiger charge is 2.24. The molecule has 86 valence electrons. The molecule has 0 unspecified atom stereocenters. The smallest absolute Gasteiger partial charge is 0.342 e. The van der Waals surface area contributed by atoms with Crippen LogP contribution in [0.3, 0.4) is 0 Å². The zero-order valence-electron chi connectivity index (χ0n) is 9.94. The summed E-state index contributed by atoms with van der Waals surface area (Å²) in [6, 6.07) is 1.99. The van der Waals surface area contributed by atoms with E-state index < -0.39 is 5.97 Å². The van der Waals surface area contributed by atoms with Crippen LogP contribution in [0, 0.1) is 11.3 Å². The van der Waals surface area contributed by atoms with Crippen LogP contribution in [0.1, 0.15) is 43.7 Å². The van der Waals surface area contributed by atoms with Crippen molar-refractivity contribution in [3.63, 3.8) is 0 Å². The first-order valence-electron chi connectivity index (χ1n) is 5.07. The number of aromatic nitrogens is 2. The number of nitrogens with zero attached hydrogens (tertiary/aromatic N) is 3. The maximum Gasteiger partial charge on any atom is 0.342 e. The van der Waals surface area contributed by atoms with E-state index in [1.165, 1.54) is 10.9 Å². The molecule has 5 heteroatoms. The number of nitriles is 1. The maximum atomic E-state index is 11.5. The third-order valence-electron chi connectivity index (χ3n) is 2.01. The van der Waals surface area contributed by atoms with Gasteiger partial charge in [0.15, 0.2) is 5.69 Å². The van der Waals surface area contributed by atoms with Crippen molar-refractivity contribution in [2.24, 2.45) is 0 Å². The van der Waals surface area contributed by atoms with Crippen molar-refractivity contribution in [2.75, 3.05) is 6.61 Å². The highest BCUT2D eigenvalue weighted by atomic mass is 16.5. The van der Waals surface area contributed by atoms with Crippen molar-refractivity contribution < 1.29 is 9.53 Å². The van der Waals surface area contributed by atoms with Crippen molar-refractivity contribution in [3.05, 3.63) is 17.5 Å². The fourth-order valence-electron chi connectivity index (χ4n) is 1.32. The van der Waals surface area contributed by atoms with E-state index in [2.05, 4.69) is 5.10 Å². The summed E-state index contributed by atoms with van der Waals surface area (Å²) < 4.78 is 6.38. The summed E-state index contributed by atoms with van der Waals surface area (Å²) in [5.74, 6) is -0.505. The van der Waals surface area contributed by atoms with Crippen LogP contribution < -0.4 is 0 Å². The van der Waals surface area contributed by atoms with Gasteiger partial charge in [0.25, 0.3) is 0 Å². The largest absolute Gasteiger partial charge is 0.462 e. The molecule has 1 aromatic heterocycles. The lowest BCUT2D eigenvalue weighted by molar-refractivity contribution is 0.0525. The molecule has 0 spiro atoms. The summed E-state index contributed by atoms with van der Waals surface area (Å²) in [6.07, 6.45) is 1.38. The molecule has 1 heterocycles. The fourth-order valence-corrected chi connectivity index (χ4v) is 1.32. The molecule has 0 amide bonds. The Hall–Kier alpha value is -1.83. The molecular formula is C11H15N3O2. The lowest BCUT2D eigenvalue weighted by Gasteiger charge is -2.20. The maximum absolute atomic E-state index is 11.5. The minimum atomic E-state index is -0.505. The standard InChI is InChI=1S/C11H15N3O2/c1-5-16-10(15)8-7-13-14(9(8)6-12)11(2,3)4/h7H,5H2,1-4H3. The summed E-state index contributed by atoms with van der Waals surface area (Å²) in [5, 5.41) is 13.1. The molecule has 0 aromatic carbocycles. The van der Waals surface area contributed by atoms with E-state index >= 15 is 0 Å². The van der Waals surface area contributed by atoms with Gasteiger partial charge in [-0.3, -0.25) is 0 Å². The van der Waals surface area contributed by atoms with Crippen LogP contribution >= 0.6 is 0 Å². The highest BCUT2D eigenvalue weighted by molar-refractivity contribution is 5.91. The van der Waals surface area contributed by atoms with Gasteiger partial charge in [-0.25, -0.2) is 9.48 Å². The summed E-state index contributed by atoms with van der Waals surface area (Å²) in [6.45, 7) is 7.74. The predicted molar refractivity (Wildman–Crippen MR) is 57.9 cm³/mol.